The highest BCUT2D eigenvalue weighted by Crippen LogP contribution is 2.15. The van der Waals surface area contributed by atoms with E-state index in [2.05, 4.69) is 5.32 Å². The number of rotatable bonds is 2. The van der Waals surface area contributed by atoms with E-state index >= 15 is 0 Å². The lowest BCUT2D eigenvalue weighted by molar-refractivity contribution is -0.121. The number of halogens is 1. The van der Waals surface area contributed by atoms with Crippen LogP contribution in [0.5, 0.6) is 0 Å². The Hall–Kier alpha value is -1.38. The van der Waals surface area contributed by atoms with Crippen LogP contribution in [0, 0.1) is 5.82 Å². The van der Waals surface area contributed by atoms with Gasteiger partial charge in [-0.25, -0.2) is 4.39 Å². The van der Waals surface area contributed by atoms with Gasteiger partial charge in [0.15, 0.2) is 0 Å². The molecule has 0 aliphatic heterocycles. The van der Waals surface area contributed by atoms with E-state index in [1.807, 2.05) is 0 Å². The van der Waals surface area contributed by atoms with Crippen LogP contribution in [-0.4, -0.2) is 13.0 Å². The monoisotopic (exact) mass is 181 g/mol. The second kappa shape index (κ2) is 4.03. The van der Waals surface area contributed by atoms with Gasteiger partial charge in [0, 0.05) is 7.05 Å². The zero-order chi connectivity index (χ0) is 9.84. The molecular formula is C10H12FNO. The predicted octanol–water partition coefficient (Wildman–Crippen LogP) is 1.68. The zero-order valence-electron chi connectivity index (χ0n) is 7.67. The van der Waals surface area contributed by atoms with Gasteiger partial charge in [0.2, 0.25) is 5.91 Å². The molecule has 2 nitrogen and oxygen atoms in total. The van der Waals surface area contributed by atoms with Crippen molar-refractivity contribution >= 4 is 5.91 Å². The standard InChI is InChI=1S/C10H12FNO/c1-7(10(13)12-2)8-3-5-9(11)6-4-8/h3-7H,1-2H3,(H,12,13)/t7-/m0/s1. The van der Waals surface area contributed by atoms with Crippen LogP contribution < -0.4 is 5.32 Å². The molecule has 1 rings (SSSR count). The van der Waals surface area contributed by atoms with Crippen molar-refractivity contribution in [2.75, 3.05) is 7.05 Å². The Kier molecular flexibility index (Phi) is 3.01. The van der Waals surface area contributed by atoms with E-state index in [1.165, 1.54) is 12.1 Å². The quantitative estimate of drug-likeness (QED) is 0.738. The molecule has 13 heavy (non-hydrogen) atoms. The van der Waals surface area contributed by atoms with Crippen molar-refractivity contribution in [3.63, 3.8) is 0 Å². The van der Waals surface area contributed by atoms with Crippen LogP contribution in [0.4, 0.5) is 4.39 Å². The van der Waals surface area contributed by atoms with Crippen molar-refractivity contribution in [3.8, 4) is 0 Å². The maximum Gasteiger partial charge on any atom is 0.227 e. The first kappa shape index (κ1) is 9.71. The lowest BCUT2D eigenvalue weighted by Crippen LogP contribution is -2.23. The molecule has 0 aliphatic carbocycles. The number of hydrogen-bond acceptors (Lipinski definition) is 1. The van der Waals surface area contributed by atoms with Gasteiger partial charge in [0.05, 0.1) is 5.92 Å². The smallest absolute Gasteiger partial charge is 0.227 e. The SMILES string of the molecule is CNC(=O)[C@@H](C)c1ccc(F)cc1. The van der Waals surface area contributed by atoms with Gasteiger partial charge in [-0.15, -0.1) is 0 Å². The van der Waals surface area contributed by atoms with Crippen molar-refractivity contribution in [1.29, 1.82) is 0 Å². The summed E-state index contributed by atoms with van der Waals surface area (Å²) in [7, 11) is 1.59. The highest BCUT2D eigenvalue weighted by molar-refractivity contribution is 5.82. The minimum absolute atomic E-state index is 0.0633. The summed E-state index contributed by atoms with van der Waals surface area (Å²) >= 11 is 0. The van der Waals surface area contributed by atoms with Crippen molar-refractivity contribution < 1.29 is 9.18 Å². The van der Waals surface area contributed by atoms with Crippen LogP contribution in [0.1, 0.15) is 18.4 Å². The molecule has 1 aromatic carbocycles. The highest BCUT2D eigenvalue weighted by Gasteiger charge is 2.12. The third-order valence-electron chi connectivity index (χ3n) is 2.01. The van der Waals surface area contributed by atoms with E-state index in [-0.39, 0.29) is 17.6 Å². The van der Waals surface area contributed by atoms with Crippen molar-refractivity contribution in [1.82, 2.24) is 5.32 Å². The molecule has 0 bridgehead atoms. The summed E-state index contributed by atoms with van der Waals surface area (Å²) in [5, 5.41) is 2.55. The van der Waals surface area contributed by atoms with Gasteiger partial charge in [-0.3, -0.25) is 4.79 Å². The molecule has 0 saturated carbocycles. The van der Waals surface area contributed by atoms with Gasteiger partial charge in [0.25, 0.3) is 0 Å². The van der Waals surface area contributed by atoms with E-state index in [0.29, 0.717) is 0 Å². The summed E-state index contributed by atoms with van der Waals surface area (Å²) in [4.78, 5) is 11.2. The molecule has 0 heterocycles. The van der Waals surface area contributed by atoms with E-state index in [4.69, 9.17) is 0 Å². The number of carbonyl (C=O) groups excluding carboxylic acids is 1. The minimum atomic E-state index is -0.284. The molecule has 0 unspecified atom stereocenters. The fraction of sp³-hybridized carbons (Fsp3) is 0.300. The van der Waals surface area contributed by atoms with Gasteiger partial charge in [-0.2, -0.15) is 0 Å². The maximum atomic E-state index is 12.5. The summed E-state index contributed by atoms with van der Waals surface area (Å²) in [6.07, 6.45) is 0. The Morgan fingerprint density at radius 3 is 2.38 bits per heavy atom. The van der Waals surface area contributed by atoms with E-state index in [0.717, 1.165) is 5.56 Å². The Morgan fingerprint density at radius 1 is 1.38 bits per heavy atom. The van der Waals surface area contributed by atoms with Crippen LogP contribution in [0.3, 0.4) is 0 Å². The first-order valence-electron chi connectivity index (χ1n) is 4.12. The first-order chi connectivity index (χ1) is 6.15. The molecule has 70 valence electrons. The minimum Gasteiger partial charge on any atom is -0.359 e. The van der Waals surface area contributed by atoms with E-state index < -0.39 is 0 Å². The molecular weight excluding hydrogens is 169 g/mol. The predicted molar refractivity (Wildman–Crippen MR) is 48.9 cm³/mol. The summed E-state index contributed by atoms with van der Waals surface area (Å²) in [5.41, 5.74) is 0.820. The van der Waals surface area contributed by atoms with Crippen molar-refractivity contribution in [3.05, 3.63) is 35.6 Å². The molecule has 1 N–H and O–H groups in total. The van der Waals surface area contributed by atoms with E-state index in [1.54, 1.807) is 26.1 Å². The summed E-state index contributed by atoms with van der Waals surface area (Å²) in [5.74, 6) is -0.579. The van der Waals surface area contributed by atoms with Crippen molar-refractivity contribution in [2.24, 2.45) is 0 Å². The number of amides is 1. The van der Waals surface area contributed by atoms with Gasteiger partial charge in [-0.1, -0.05) is 12.1 Å². The van der Waals surface area contributed by atoms with Crippen molar-refractivity contribution in [2.45, 2.75) is 12.8 Å². The number of nitrogens with one attached hydrogen (secondary N) is 1. The average Bonchev–Trinajstić information content (AvgIpc) is 2.17. The topological polar surface area (TPSA) is 29.1 Å². The lowest BCUT2D eigenvalue weighted by Gasteiger charge is -2.09. The fourth-order valence-electron chi connectivity index (χ4n) is 1.12. The third-order valence-corrected chi connectivity index (χ3v) is 2.01. The lowest BCUT2D eigenvalue weighted by atomic mass is 10.0. The van der Waals surface area contributed by atoms with Crippen LogP contribution in [0.25, 0.3) is 0 Å². The Balaban J connectivity index is 2.83. The van der Waals surface area contributed by atoms with Gasteiger partial charge >= 0.3 is 0 Å². The van der Waals surface area contributed by atoms with Crippen LogP contribution in [-0.2, 0) is 4.79 Å². The van der Waals surface area contributed by atoms with Gasteiger partial charge in [0.1, 0.15) is 5.82 Å². The largest absolute Gasteiger partial charge is 0.359 e. The second-order valence-corrected chi connectivity index (χ2v) is 2.89. The number of benzene rings is 1. The summed E-state index contributed by atoms with van der Waals surface area (Å²) < 4.78 is 12.5. The van der Waals surface area contributed by atoms with Crippen LogP contribution in [0.15, 0.2) is 24.3 Å². The molecule has 0 aliphatic rings. The Bertz CT molecular complexity index is 294. The maximum absolute atomic E-state index is 12.5. The third kappa shape index (κ3) is 2.28. The fourth-order valence-corrected chi connectivity index (χ4v) is 1.12. The number of carbonyl (C=O) groups is 1. The van der Waals surface area contributed by atoms with E-state index in [9.17, 15) is 9.18 Å². The molecule has 0 spiro atoms. The highest BCUT2D eigenvalue weighted by atomic mass is 19.1. The van der Waals surface area contributed by atoms with Crippen LogP contribution >= 0.6 is 0 Å². The summed E-state index contributed by atoms with van der Waals surface area (Å²) in [6.45, 7) is 1.78. The average molecular weight is 181 g/mol. The van der Waals surface area contributed by atoms with Crippen LogP contribution in [0.2, 0.25) is 0 Å². The second-order valence-electron chi connectivity index (χ2n) is 2.89. The number of likely N-dealkylation sites (N-methyl/N-ethyl adjacent to an activating group) is 1. The van der Waals surface area contributed by atoms with Gasteiger partial charge in [-0.05, 0) is 24.6 Å². The summed E-state index contributed by atoms with van der Waals surface area (Å²) in [6, 6.07) is 5.95. The molecule has 0 aromatic heterocycles. The molecule has 0 fully saturated rings. The van der Waals surface area contributed by atoms with Gasteiger partial charge < -0.3 is 5.32 Å². The Labute approximate surface area is 76.8 Å². The first-order valence-corrected chi connectivity index (χ1v) is 4.12. The normalized spacial score (nSPS) is 12.2. The molecule has 0 saturated heterocycles. The molecule has 1 atom stereocenters. The zero-order valence-corrected chi connectivity index (χ0v) is 7.67. The Morgan fingerprint density at radius 2 is 1.92 bits per heavy atom. The molecule has 3 heteroatoms. The molecule has 0 radical (unpaired) electrons. The number of hydrogen-bond donors (Lipinski definition) is 1. The molecule has 1 amide bonds. The molecule has 1 aromatic rings.